The number of nitrogens with one attached hydrogen (secondary N) is 2. The van der Waals surface area contributed by atoms with Crippen molar-refractivity contribution in [1.29, 1.82) is 0 Å². The fourth-order valence-electron chi connectivity index (χ4n) is 2.92. The van der Waals surface area contributed by atoms with E-state index >= 15 is 0 Å². The highest BCUT2D eigenvalue weighted by molar-refractivity contribution is 7.89. The minimum Gasteiger partial charge on any atom is -0.332 e. The zero-order chi connectivity index (χ0) is 19.5. The summed E-state index contributed by atoms with van der Waals surface area (Å²) in [6, 6.07) is 5.94. The van der Waals surface area contributed by atoms with E-state index in [9.17, 15) is 18.0 Å². The first-order chi connectivity index (χ1) is 12.1. The molecule has 8 nitrogen and oxygen atoms in total. The van der Waals surface area contributed by atoms with Gasteiger partial charge in [-0.1, -0.05) is 6.07 Å². The van der Waals surface area contributed by atoms with Crippen LogP contribution in [0.15, 0.2) is 29.2 Å². The van der Waals surface area contributed by atoms with Crippen LogP contribution in [0, 0.1) is 0 Å². The van der Waals surface area contributed by atoms with Crippen LogP contribution >= 0.6 is 0 Å². The summed E-state index contributed by atoms with van der Waals surface area (Å²) in [6.07, 6.45) is 0. The van der Waals surface area contributed by atoms with Crippen molar-refractivity contribution in [2.24, 2.45) is 0 Å². The van der Waals surface area contributed by atoms with Crippen molar-refractivity contribution in [2.75, 3.05) is 45.6 Å². The van der Waals surface area contributed by atoms with Crippen LogP contribution in [0.2, 0.25) is 0 Å². The molecule has 1 aromatic rings. The van der Waals surface area contributed by atoms with E-state index in [0.29, 0.717) is 31.9 Å². The average Bonchev–Trinajstić information content (AvgIpc) is 2.61. The highest BCUT2D eigenvalue weighted by atomic mass is 32.2. The molecule has 0 aromatic heterocycles. The number of benzene rings is 1. The number of sulfonamides is 1. The van der Waals surface area contributed by atoms with Gasteiger partial charge in [0.25, 0.3) is 5.91 Å². The number of carbonyl (C=O) groups is 2. The molecule has 0 aliphatic carbocycles. The largest absolute Gasteiger partial charge is 0.332 e. The number of quaternary nitrogens is 1. The van der Waals surface area contributed by atoms with Gasteiger partial charge in [0, 0.05) is 26.7 Å². The van der Waals surface area contributed by atoms with Crippen molar-refractivity contribution in [3.05, 3.63) is 24.3 Å². The van der Waals surface area contributed by atoms with Gasteiger partial charge in [-0.15, -0.1) is 0 Å². The molecule has 144 valence electrons. The lowest BCUT2D eigenvalue weighted by molar-refractivity contribution is -0.917. The maximum atomic E-state index is 12.5. The smallest absolute Gasteiger partial charge is 0.282 e. The number of nitrogens with zero attached hydrogens (tertiary/aromatic N) is 2. The summed E-state index contributed by atoms with van der Waals surface area (Å²) in [5.74, 6) is -0.115. The van der Waals surface area contributed by atoms with E-state index in [1.807, 2.05) is 6.92 Å². The number of carbonyl (C=O) groups excluding carboxylic acids is 2. The molecule has 1 heterocycles. The normalized spacial score (nSPS) is 17.2. The Morgan fingerprint density at radius 3 is 2.38 bits per heavy atom. The fourth-order valence-corrected chi connectivity index (χ4v) is 3.87. The lowest BCUT2D eigenvalue weighted by Crippen LogP contribution is -3.19. The molecular formula is C17H27N4O4S+. The van der Waals surface area contributed by atoms with Crippen LogP contribution in [0.1, 0.15) is 13.8 Å². The zero-order valence-corrected chi connectivity index (χ0v) is 16.5. The molecule has 0 unspecified atom stereocenters. The molecule has 2 rings (SSSR count). The van der Waals surface area contributed by atoms with Gasteiger partial charge in [-0.05, 0) is 25.1 Å². The minimum absolute atomic E-state index is 0.0556. The van der Waals surface area contributed by atoms with Crippen molar-refractivity contribution >= 4 is 27.5 Å². The summed E-state index contributed by atoms with van der Waals surface area (Å²) in [5.41, 5.74) is 0.451. The summed E-state index contributed by atoms with van der Waals surface area (Å²) < 4.78 is 25.6. The Bertz CT molecular complexity index is 771. The maximum Gasteiger partial charge on any atom is 0.282 e. The van der Waals surface area contributed by atoms with E-state index in [1.54, 1.807) is 24.0 Å². The van der Waals surface area contributed by atoms with E-state index in [0.717, 1.165) is 9.21 Å². The Morgan fingerprint density at radius 2 is 1.85 bits per heavy atom. The Labute approximate surface area is 154 Å². The molecule has 0 saturated carbocycles. The van der Waals surface area contributed by atoms with Crippen LogP contribution in [0.25, 0.3) is 0 Å². The first-order valence-corrected chi connectivity index (χ1v) is 10.0. The van der Waals surface area contributed by atoms with Gasteiger partial charge in [-0.25, -0.2) is 12.7 Å². The average molecular weight is 383 g/mol. The maximum absolute atomic E-state index is 12.5. The molecule has 1 aliphatic rings. The standard InChI is InChI=1S/C17H26N4O4S/c1-13(20-8-10-21(11-9-20)14(2)22)17(23)18-15-6-5-7-16(12-15)26(24,25)19(3)4/h5-7,12-13H,8-11H2,1-4H3,(H,18,23)/p+1/t13-/m1/s1. The predicted molar refractivity (Wildman–Crippen MR) is 98.4 cm³/mol. The van der Waals surface area contributed by atoms with Crippen molar-refractivity contribution < 1.29 is 22.9 Å². The molecule has 1 saturated heterocycles. The SMILES string of the molecule is CC(=O)N1CC[NH+]([C@H](C)C(=O)Nc2cccc(S(=O)(=O)N(C)C)c2)CC1. The van der Waals surface area contributed by atoms with Crippen LogP contribution in [0.5, 0.6) is 0 Å². The summed E-state index contributed by atoms with van der Waals surface area (Å²) in [4.78, 5) is 27.0. The minimum atomic E-state index is -3.55. The topological polar surface area (TPSA) is 91.2 Å². The molecule has 1 aromatic carbocycles. The molecule has 26 heavy (non-hydrogen) atoms. The molecule has 1 atom stereocenters. The van der Waals surface area contributed by atoms with Crippen LogP contribution in [0.4, 0.5) is 5.69 Å². The van der Waals surface area contributed by atoms with E-state index in [1.165, 1.54) is 26.2 Å². The van der Waals surface area contributed by atoms with Gasteiger partial charge in [0.1, 0.15) is 0 Å². The Kier molecular flexibility index (Phi) is 6.38. The summed E-state index contributed by atoms with van der Waals surface area (Å²) in [7, 11) is -0.621. The molecule has 1 fully saturated rings. The van der Waals surface area contributed by atoms with E-state index in [-0.39, 0.29) is 22.8 Å². The van der Waals surface area contributed by atoms with Crippen LogP contribution in [-0.2, 0) is 19.6 Å². The number of anilines is 1. The Hall–Kier alpha value is -1.97. The van der Waals surface area contributed by atoms with Gasteiger partial charge in [0.2, 0.25) is 15.9 Å². The Morgan fingerprint density at radius 1 is 1.23 bits per heavy atom. The van der Waals surface area contributed by atoms with Crippen LogP contribution < -0.4 is 10.2 Å². The number of hydrogen-bond acceptors (Lipinski definition) is 4. The molecule has 9 heteroatoms. The second-order valence-corrected chi connectivity index (χ2v) is 8.84. The highest BCUT2D eigenvalue weighted by Crippen LogP contribution is 2.18. The molecule has 1 aliphatic heterocycles. The molecule has 2 N–H and O–H groups in total. The van der Waals surface area contributed by atoms with Gasteiger partial charge in [0.05, 0.1) is 31.1 Å². The monoisotopic (exact) mass is 383 g/mol. The van der Waals surface area contributed by atoms with Crippen molar-refractivity contribution in [2.45, 2.75) is 24.8 Å². The van der Waals surface area contributed by atoms with Crippen molar-refractivity contribution in [3.63, 3.8) is 0 Å². The van der Waals surface area contributed by atoms with E-state index in [4.69, 9.17) is 0 Å². The molecule has 0 bridgehead atoms. The molecular weight excluding hydrogens is 356 g/mol. The van der Waals surface area contributed by atoms with E-state index in [2.05, 4.69) is 5.32 Å². The number of rotatable bonds is 5. The number of hydrogen-bond donors (Lipinski definition) is 2. The van der Waals surface area contributed by atoms with Gasteiger partial charge < -0.3 is 15.1 Å². The quantitative estimate of drug-likeness (QED) is 0.683. The number of amides is 2. The third-order valence-electron chi connectivity index (χ3n) is 4.74. The van der Waals surface area contributed by atoms with Gasteiger partial charge in [-0.2, -0.15) is 0 Å². The summed E-state index contributed by atoms with van der Waals surface area (Å²) in [6.45, 7) is 6.09. The van der Waals surface area contributed by atoms with Gasteiger partial charge in [-0.3, -0.25) is 9.59 Å². The lowest BCUT2D eigenvalue weighted by atomic mass is 10.2. The van der Waals surface area contributed by atoms with E-state index < -0.39 is 10.0 Å². The lowest BCUT2D eigenvalue weighted by Gasteiger charge is -2.34. The summed E-state index contributed by atoms with van der Waals surface area (Å²) in [5, 5.41) is 2.80. The third-order valence-corrected chi connectivity index (χ3v) is 6.55. The zero-order valence-electron chi connectivity index (χ0n) is 15.7. The first kappa shape index (κ1) is 20.3. The first-order valence-electron chi connectivity index (χ1n) is 8.56. The van der Waals surface area contributed by atoms with Crippen LogP contribution in [0.3, 0.4) is 0 Å². The molecule has 0 radical (unpaired) electrons. The number of piperazine rings is 1. The molecule has 0 spiro atoms. The second kappa shape index (κ2) is 8.15. The second-order valence-electron chi connectivity index (χ2n) is 6.69. The summed E-state index contributed by atoms with van der Waals surface area (Å²) >= 11 is 0. The van der Waals surface area contributed by atoms with Crippen molar-refractivity contribution in [3.8, 4) is 0 Å². The van der Waals surface area contributed by atoms with Gasteiger partial charge >= 0.3 is 0 Å². The fraction of sp³-hybridized carbons (Fsp3) is 0.529. The Balaban J connectivity index is 2.03. The van der Waals surface area contributed by atoms with Gasteiger partial charge in [0.15, 0.2) is 6.04 Å². The highest BCUT2D eigenvalue weighted by Gasteiger charge is 2.30. The third kappa shape index (κ3) is 4.60. The van der Waals surface area contributed by atoms with Crippen molar-refractivity contribution in [1.82, 2.24) is 9.21 Å². The predicted octanol–water partition coefficient (Wildman–Crippen LogP) is -0.989. The van der Waals surface area contributed by atoms with Crippen LogP contribution in [-0.4, -0.2) is 75.8 Å². The molecule has 2 amide bonds.